The van der Waals surface area contributed by atoms with Crippen LogP contribution in [-0.2, 0) is 33.4 Å². The van der Waals surface area contributed by atoms with Gasteiger partial charge in [-0.15, -0.1) is 0 Å². The molecule has 0 aromatic carbocycles. The smallest absolute Gasteiger partial charge is 0.407 e. The van der Waals surface area contributed by atoms with Gasteiger partial charge in [-0.1, -0.05) is 54.4 Å². The summed E-state index contributed by atoms with van der Waals surface area (Å²) >= 11 is 0. The number of rotatable bonds is 2. The minimum Gasteiger partial charge on any atom is -0.450 e. The van der Waals surface area contributed by atoms with E-state index in [9.17, 15) is 38.7 Å². The molecule has 4 amide bonds. The second kappa shape index (κ2) is 19.7. The number of fused-ring (bicyclic) bond motifs is 6. The first-order chi connectivity index (χ1) is 27.5. The van der Waals surface area contributed by atoms with E-state index < -0.39 is 18.2 Å². The SMILES string of the molecule is C[C@H]1CCCOC(=O)NCCCC[C@@H](C=O)CC(=O)[C@@H]2[C@@H]3[C@H](CN2C1=O)C3(C)C.C[C@H]1CCCOC(=O)NCCCC[C@@H](CO)CC(=O)[C@@H]2[C@@H]3[C@H](CN2C1=O)C3(C)C. The van der Waals surface area contributed by atoms with Gasteiger partial charge < -0.3 is 39.8 Å². The number of Topliss-reactive ketones (excluding diaryl/α,β-unsaturated/α-hetero) is 2. The number of hydrogen-bond acceptors (Lipinski definition) is 10. The second-order valence-corrected chi connectivity index (χ2v) is 19.3. The zero-order valence-electron chi connectivity index (χ0n) is 35.8. The highest BCUT2D eigenvalue weighted by Gasteiger charge is 2.70. The number of amides is 4. The number of ketones is 2. The van der Waals surface area contributed by atoms with Crippen molar-refractivity contribution in [2.45, 2.75) is 131 Å². The summed E-state index contributed by atoms with van der Waals surface area (Å²) in [5.74, 6) is 0.479. The Labute approximate surface area is 344 Å². The van der Waals surface area contributed by atoms with E-state index in [2.05, 4.69) is 38.3 Å². The molecule has 326 valence electrons. The first-order valence-electron chi connectivity index (χ1n) is 22.1. The first-order valence-corrected chi connectivity index (χ1v) is 22.1. The number of carbonyl (C=O) groups is 7. The molecule has 6 aliphatic rings. The van der Waals surface area contributed by atoms with E-state index in [1.54, 1.807) is 4.90 Å². The Morgan fingerprint density at radius 2 is 1.10 bits per heavy atom. The monoisotopic (exact) mass is 815 g/mol. The fourth-order valence-corrected chi connectivity index (χ4v) is 10.5. The molecule has 6 fully saturated rings. The van der Waals surface area contributed by atoms with Crippen LogP contribution in [0.2, 0.25) is 0 Å². The van der Waals surface area contributed by atoms with Crippen LogP contribution < -0.4 is 10.6 Å². The van der Waals surface area contributed by atoms with Crippen LogP contribution in [0.4, 0.5) is 9.59 Å². The predicted octanol–water partition coefficient (Wildman–Crippen LogP) is 4.93. The van der Waals surface area contributed by atoms with E-state index >= 15 is 0 Å². The van der Waals surface area contributed by atoms with Gasteiger partial charge in [0.1, 0.15) is 6.29 Å². The molecule has 0 aromatic rings. The third-order valence-corrected chi connectivity index (χ3v) is 14.5. The third-order valence-electron chi connectivity index (χ3n) is 14.5. The summed E-state index contributed by atoms with van der Waals surface area (Å²) in [7, 11) is 0. The maximum Gasteiger partial charge on any atom is 0.407 e. The number of hydrogen-bond donors (Lipinski definition) is 3. The lowest BCUT2D eigenvalue weighted by Gasteiger charge is -2.32. The summed E-state index contributed by atoms with van der Waals surface area (Å²) in [5, 5.41) is 15.2. The van der Waals surface area contributed by atoms with Gasteiger partial charge in [-0.25, -0.2) is 9.59 Å². The predicted molar refractivity (Wildman–Crippen MR) is 215 cm³/mol. The average molecular weight is 815 g/mol. The molecule has 0 radical (unpaired) electrons. The van der Waals surface area contributed by atoms with Crippen LogP contribution in [0.5, 0.6) is 0 Å². The van der Waals surface area contributed by atoms with Gasteiger partial charge in [-0.05, 0) is 91.8 Å². The molecule has 2 aliphatic carbocycles. The van der Waals surface area contributed by atoms with Gasteiger partial charge in [0.25, 0.3) is 0 Å². The summed E-state index contributed by atoms with van der Waals surface area (Å²) in [4.78, 5) is 91.2. The summed E-state index contributed by atoms with van der Waals surface area (Å²) in [6, 6.07) is -0.753. The number of aliphatic hydroxyl groups is 1. The lowest BCUT2D eigenvalue weighted by Crippen LogP contribution is -2.47. The fraction of sp³-hybridized carbons (Fsp3) is 0.841. The lowest BCUT2D eigenvalue weighted by molar-refractivity contribution is -0.143. The van der Waals surface area contributed by atoms with Crippen molar-refractivity contribution < 1.29 is 48.1 Å². The van der Waals surface area contributed by atoms with Gasteiger partial charge in [-0.3, -0.25) is 19.2 Å². The van der Waals surface area contributed by atoms with Gasteiger partial charge in [0.15, 0.2) is 11.6 Å². The molecule has 4 heterocycles. The number of nitrogens with one attached hydrogen (secondary N) is 2. The topological polar surface area (TPSA) is 189 Å². The highest BCUT2D eigenvalue weighted by molar-refractivity contribution is 5.93. The van der Waals surface area contributed by atoms with Crippen LogP contribution in [0.3, 0.4) is 0 Å². The Balaban J connectivity index is 0.000000221. The normalized spacial score (nSPS) is 36.4. The maximum absolute atomic E-state index is 13.3. The Morgan fingerprint density at radius 3 is 1.55 bits per heavy atom. The highest BCUT2D eigenvalue weighted by Crippen LogP contribution is 2.66. The van der Waals surface area contributed by atoms with Crippen LogP contribution in [0.25, 0.3) is 0 Å². The van der Waals surface area contributed by atoms with E-state index in [0.29, 0.717) is 76.5 Å². The Morgan fingerprint density at radius 1 is 0.655 bits per heavy atom. The molecular formula is C44H70N4O10. The lowest BCUT2D eigenvalue weighted by atomic mass is 9.89. The van der Waals surface area contributed by atoms with E-state index in [4.69, 9.17) is 9.47 Å². The molecule has 4 aliphatic heterocycles. The number of piperidine rings is 2. The van der Waals surface area contributed by atoms with Crippen molar-refractivity contribution >= 4 is 41.9 Å². The fourth-order valence-electron chi connectivity index (χ4n) is 10.5. The van der Waals surface area contributed by atoms with Crippen molar-refractivity contribution in [3.8, 4) is 0 Å². The van der Waals surface area contributed by atoms with Crippen LogP contribution in [-0.4, -0.2) is 115 Å². The molecular weight excluding hydrogens is 745 g/mol. The van der Waals surface area contributed by atoms with Crippen molar-refractivity contribution in [3.05, 3.63) is 0 Å². The van der Waals surface area contributed by atoms with Gasteiger partial charge in [-0.2, -0.15) is 0 Å². The molecule has 58 heavy (non-hydrogen) atoms. The maximum atomic E-state index is 13.3. The molecule has 14 nitrogen and oxygen atoms in total. The first kappa shape index (κ1) is 45.5. The third kappa shape index (κ3) is 10.6. The van der Waals surface area contributed by atoms with E-state index in [0.717, 1.165) is 38.4 Å². The number of ether oxygens (including phenoxy) is 2. The molecule has 0 bridgehead atoms. The molecule has 4 saturated heterocycles. The zero-order chi connectivity index (χ0) is 42.4. The van der Waals surface area contributed by atoms with Crippen molar-refractivity contribution in [3.63, 3.8) is 0 Å². The average Bonchev–Trinajstić information content (AvgIpc) is 3.64. The van der Waals surface area contributed by atoms with Crippen LogP contribution in [0.15, 0.2) is 0 Å². The molecule has 10 atom stereocenters. The number of cyclic esters (lactones) is 2. The molecule has 0 unspecified atom stereocenters. The Bertz CT molecular complexity index is 1520. The molecule has 6 rings (SSSR count). The standard InChI is InChI=1S/C22H36N2O5.C22H34N2O5/c2*1-14-7-6-10-29-21(28)23-9-5-4-8-15(13-25)11-17(26)19-18-16(22(18,2)3)12-24(19)20(14)27/h14-16,18-19,25H,4-13H2,1-3H3,(H,23,28);13-16,18-19H,4-12H2,1-3H3,(H,23,28)/t2*14-,15+,16-,18-,19+/m00/s1. The largest absolute Gasteiger partial charge is 0.450 e. The summed E-state index contributed by atoms with van der Waals surface area (Å²) in [5.41, 5.74) is 0.184. The van der Waals surface area contributed by atoms with Gasteiger partial charge in [0, 0.05) is 63.4 Å². The minimum absolute atomic E-state index is 0.00257. The number of carbonyl (C=O) groups excluding carboxylic acids is 7. The molecule has 14 heteroatoms. The van der Waals surface area contributed by atoms with Gasteiger partial charge in [0.05, 0.1) is 25.3 Å². The van der Waals surface area contributed by atoms with Crippen LogP contribution in [0.1, 0.15) is 119 Å². The second-order valence-electron chi connectivity index (χ2n) is 19.3. The van der Waals surface area contributed by atoms with Gasteiger partial charge >= 0.3 is 12.2 Å². The molecule has 0 aromatic heterocycles. The van der Waals surface area contributed by atoms with Crippen LogP contribution in [0, 0.1) is 58.2 Å². The van der Waals surface area contributed by atoms with E-state index in [-0.39, 0.29) is 102 Å². The van der Waals surface area contributed by atoms with Crippen molar-refractivity contribution in [2.24, 2.45) is 58.2 Å². The minimum atomic E-state index is -0.447. The van der Waals surface area contributed by atoms with Crippen LogP contribution >= 0.6 is 0 Å². The molecule has 2 saturated carbocycles. The van der Waals surface area contributed by atoms with E-state index in [1.165, 1.54) is 0 Å². The summed E-state index contributed by atoms with van der Waals surface area (Å²) < 4.78 is 10.3. The molecule has 3 N–H and O–H groups in total. The van der Waals surface area contributed by atoms with E-state index in [1.807, 2.05) is 18.7 Å². The molecule has 0 spiro atoms. The quantitative estimate of drug-likeness (QED) is 0.323. The Kier molecular flexibility index (Phi) is 15.4. The summed E-state index contributed by atoms with van der Waals surface area (Å²) in [6.45, 7) is 15.3. The Hall–Kier alpha value is -3.55. The van der Waals surface area contributed by atoms with Crippen molar-refractivity contribution in [2.75, 3.05) is 46.0 Å². The summed E-state index contributed by atoms with van der Waals surface area (Å²) in [6.07, 6.45) is 7.40. The number of nitrogens with zero attached hydrogens (tertiary/aromatic N) is 2. The number of aliphatic hydroxyl groups excluding tert-OH is 1. The van der Waals surface area contributed by atoms with Crippen molar-refractivity contribution in [1.82, 2.24) is 20.4 Å². The zero-order valence-corrected chi connectivity index (χ0v) is 35.8. The van der Waals surface area contributed by atoms with Crippen molar-refractivity contribution in [1.29, 1.82) is 0 Å². The number of alkyl carbamates (subject to hydrolysis) is 2. The number of aldehydes is 1. The highest BCUT2D eigenvalue weighted by atomic mass is 16.6. The van der Waals surface area contributed by atoms with Gasteiger partial charge in [0.2, 0.25) is 11.8 Å².